The molecule has 1 aromatic rings. The van der Waals surface area contributed by atoms with Crippen LogP contribution in [0.2, 0.25) is 10.0 Å². The number of likely N-dealkylation sites (tertiary alicyclic amines) is 1. The molecule has 130 valence electrons. The van der Waals surface area contributed by atoms with Crippen LogP contribution in [0.15, 0.2) is 18.2 Å². The number of aliphatic hydroxyl groups is 1. The minimum absolute atomic E-state index is 0.0832. The Morgan fingerprint density at radius 3 is 2.75 bits per heavy atom. The fraction of sp³-hybridized carbons (Fsp3) is 0.529. The average Bonchev–Trinajstić information content (AvgIpc) is 2.85. The Kier molecular flexibility index (Phi) is 5.45. The van der Waals surface area contributed by atoms with E-state index in [1.807, 2.05) is 0 Å². The molecule has 0 unspecified atom stereocenters. The first-order chi connectivity index (χ1) is 11.5. The van der Waals surface area contributed by atoms with Gasteiger partial charge in [-0.25, -0.2) is 4.90 Å². The van der Waals surface area contributed by atoms with Crippen LogP contribution in [0.3, 0.4) is 0 Å². The zero-order valence-electron chi connectivity index (χ0n) is 13.3. The van der Waals surface area contributed by atoms with Crippen molar-refractivity contribution in [2.45, 2.75) is 44.2 Å². The number of hydrogen-bond donors (Lipinski definition) is 1. The second-order valence-corrected chi connectivity index (χ2v) is 7.13. The molecular formula is C17H20Cl2N2O3. The summed E-state index contributed by atoms with van der Waals surface area (Å²) >= 11 is 12.2. The average molecular weight is 371 g/mol. The van der Waals surface area contributed by atoms with Crippen LogP contribution in [0.25, 0.3) is 0 Å². The monoisotopic (exact) mass is 370 g/mol. The molecule has 3 rings (SSSR count). The lowest BCUT2D eigenvalue weighted by Gasteiger charge is -2.38. The predicted octanol–water partition coefficient (Wildman–Crippen LogP) is 2.86. The van der Waals surface area contributed by atoms with Crippen LogP contribution < -0.4 is 4.90 Å². The van der Waals surface area contributed by atoms with Gasteiger partial charge in [-0.3, -0.25) is 14.5 Å². The maximum atomic E-state index is 12.9. The number of amides is 2. The second kappa shape index (κ2) is 7.40. The third-order valence-corrected chi connectivity index (χ3v) is 5.36. The summed E-state index contributed by atoms with van der Waals surface area (Å²) in [5.74, 6) is -0.517. The van der Waals surface area contributed by atoms with E-state index in [1.54, 1.807) is 18.2 Å². The SMILES string of the molecule is O=C1C[C@H](N2CCCC[C@@H]2CCO)C(=O)N1c1cc(Cl)ccc1Cl. The molecule has 0 bridgehead atoms. The predicted molar refractivity (Wildman–Crippen MR) is 93.4 cm³/mol. The molecule has 2 fully saturated rings. The Balaban J connectivity index is 1.87. The molecule has 1 aromatic carbocycles. The smallest absolute Gasteiger partial charge is 0.251 e. The Morgan fingerprint density at radius 1 is 1.21 bits per heavy atom. The van der Waals surface area contributed by atoms with Gasteiger partial charge >= 0.3 is 0 Å². The molecule has 2 amide bonds. The van der Waals surface area contributed by atoms with Gasteiger partial charge in [0, 0.05) is 17.7 Å². The van der Waals surface area contributed by atoms with E-state index in [1.165, 1.54) is 0 Å². The van der Waals surface area contributed by atoms with Crippen LogP contribution in [0, 0.1) is 0 Å². The number of anilines is 1. The quantitative estimate of drug-likeness (QED) is 0.827. The Labute approximate surface area is 151 Å². The standard InChI is InChI=1S/C17H20Cl2N2O3/c18-11-4-5-13(19)14(9-11)21-16(23)10-15(17(21)24)20-7-2-1-3-12(20)6-8-22/h4-5,9,12,15,22H,1-3,6-8,10H2/t12-,15+/m1/s1. The number of hydrogen-bond acceptors (Lipinski definition) is 4. The van der Waals surface area contributed by atoms with Gasteiger partial charge in [-0.1, -0.05) is 29.6 Å². The minimum Gasteiger partial charge on any atom is -0.396 e. The first-order valence-corrected chi connectivity index (χ1v) is 8.97. The molecule has 7 heteroatoms. The molecule has 0 spiro atoms. The summed E-state index contributed by atoms with van der Waals surface area (Å²) in [7, 11) is 0. The fourth-order valence-electron chi connectivity index (χ4n) is 3.68. The lowest BCUT2D eigenvalue weighted by atomic mass is 9.97. The van der Waals surface area contributed by atoms with E-state index in [0.29, 0.717) is 22.2 Å². The van der Waals surface area contributed by atoms with Crippen LogP contribution in [0.5, 0.6) is 0 Å². The number of piperidine rings is 1. The Hall–Kier alpha value is -1.14. The maximum Gasteiger partial charge on any atom is 0.251 e. The van der Waals surface area contributed by atoms with Crippen molar-refractivity contribution in [1.29, 1.82) is 0 Å². The molecule has 0 saturated carbocycles. The summed E-state index contributed by atoms with van der Waals surface area (Å²) in [6.45, 7) is 0.853. The number of aliphatic hydroxyl groups excluding tert-OH is 1. The van der Waals surface area contributed by atoms with Gasteiger partial charge in [-0.2, -0.15) is 0 Å². The van der Waals surface area contributed by atoms with E-state index in [0.717, 1.165) is 30.7 Å². The van der Waals surface area contributed by atoms with Crippen molar-refractivity contribution in [1.82, 2.24) is 4.90 Å². The third-order valence-electron chi connectivity index (χ3n) is 4.81. The van der Waals surface area contributed by atoms with Crippen LogP contribution in [-0.4, -0.2) is 47.1 Å². The zero-order valence-corrected chi connectivity index (χ0v) is 14.8. The molecule has 0 aromatic heterocycles. The number of benzene rings is 1. The van der Waals surface area contributed by atoms with Gasteiger partial charge in [-0.05, 0) is 44.0 Å². The second-order valence-electron chi connectivity index (χ2n) is 6.28. The largest absolute Gasteiger partial charge is 0.396 e. The summed E-state index contributed by atoms with van der Waals surface area (Å²) < 4.78 is 0. The van der Waals surface area contributed by atoms with Crippen molar-refractivity contribution in [3.63, 3.8) is 0 Å². The first kappa shape index (κ1) is 17.7. The van der Waals surface area contributed by atoms with E-state index in [-0.39, 0.29) is 30.9 Å². The van der Waals surface area contributed by atoms with E-state index in [9.17, 15) is 14.7 Å². The summed E-state index contributed by atoms with van der Waals surface area (Å²) in [6.07, 6.45) is 3.79. The van der Waals surface area contributed by atoms with E-state index < -0.39 is 6.04 Å². The molecule has 2 atom stereocenters. The van der Waals surface area contributed by atoms with Crippen LogP contribution in [-0.2, 0) is 9.59 Å². The Morgan fingerprint density at radius 2 is 2.00 bits per heavy atom. The summed E-state index contributed by atoms with van der Waals surface area (Å²) in [6, 6.07) is 4.41. The highest BCUT2D eigenvalue weighted by atomic mass is 35.5. The van der Waals surface area contributed by atoms with Gasteiger partial charge in [0.1, 0.15) is 0 Å². The summed E-state index contributed by atoms with van der Waals surface area (Å²) in [5.41, 5.74) is 0.345. The number of halogens is 2. The van der Waals surface area contributed by atoms with E-state index in [4.69, 9.17) is 23.2 Å². The van der Waals surface area contributed by atoms with Gasteiger partial charge in [0.05, 0.1) is 23.2 Å². The molecule has 2 aliphatic heterocycles. The summed E-state index contributed by atoms with van der Waals surface area (Å²) in [4.78, 5) is 28.7. The van der Waals surface area contributed by atoms with Crippen molar-refractivity contribution in [2.24, 2.45) is 0 Å². The maximum absolute atomic E-state index is 12.9. The highest BCUT2D eigenvalue weighted by molar-refractivity contribution is 6.37. The van der Waals surface area contributed by atoms with Crippen LogP contribution in [0.1, 0.15) is 32.1 Å². The number of nitrogens with zero attached hydrogens (tertiary/aromatic N) is 2. The zero-order chi connectivity index (χ0) is 17.3. The number of carbonyl (C=O) groups is 2. The first-order valence-electron chi connectivity index (χ1n) is 8.21. The molecule has 2 saturated heterocycles. The highest BCUT2D eigenvalue weighted by Gasteiger charge is 2.45. The van der Waals surface area contributed by atoms with Crippen molar-refractivity contribution < 1.29 is 14.7 Å². The van der Waals surface area contributed by atoms with Crippen molar-refractivity contribution in [2.75, 3.05) is 18.1 Å². The lowest BCUT2D eigenvalue weighted by Crippen LogP contribution is -2.50. The fourth-order valence-corrected chi connectivity index (χ4v) is 4.05. The van der Waals surface area contributed by atoms with Gasteiger partial charge < -0.3 is 5.11 Å². The van der Waals surface area contributed by atoms with Gasteiger partial charge in [0.15, 0.2) is 0 Å². The number of carbonyl (C=O) groups excluding carboxylic acids is 2. The Bertz CT molecular complexity index is 651. The van der Waals surface area contributed by atoms with Crippen molar-refractivity contribution in [3.05, 3.63) is 28.2 Å². The van der Waals surface area contributed by atoms with E-state index >= 15 is 0 Å². The molecule has 0 radical (unpaired) electrons. The summed E-state index contributed by atoms with van der Waals surface area (Å²) in [5, 5.41) is 10.0. The molecule has 2 aliphatic rings. The van der Waals surface area contributed by atoms with Crippen LogP contribution in [0.4, 0.5) is 5.69 Å². The van der Waals surface area contributed by atoms with E-state index in [2.05, 4.69) is 4.90 Å². The highest BCUT2D eigenvalue weighted by Crippen LogP contribution is 2.35. The van der Waals surface area contributed by atoms with Gasteiger partial charge in [0.2, 0.25) is 5.91 Å². The number of rotatable bonds is 4. The van der Waals surface area contributed by atoms with Crippen LogP contribution >= 0.6 is 23.2 Å². The molecule has 1 N–H and O–H groups in total. The molecule has 0 aliphatic carbocycles. The lowest BCUT2D eigenvalue weighted by molar-refractivity contribution is -0.123. The molecule has 24 heavy (non-hydrogen) atoms. The minimum atomic E-state index is -0.482. The third kappa shape index (κ3) is 3.31. The molecule has 5 nitrogen and oxygen atoms in total. The van der Waals surface area contributed by atoms with Crippen molar-refractivity contribution in [3.8, 4) is 0 Å². The van der Waals surface area contributed by atoms with Gasteiger partial charge in [0.25, 0.3) is 5.91 Å². The number of imide groups is 1. The molecular weight excluding hydrogens is 351 g/mol. The topological polar surface area (TPSA) is 60.9 Å². The van der Waals surface area contributed by atoms with Crippen molar-refractivity contribution >= 4 is 40.7 Å². The van der Waals surface area contributed by atoms with Gasteiger partial charge in [-0.15, -0.1) is 0 Å². The molecule has 2 heterocycles. The normalized spacial score (nSPS) is 25.5.